The molecule has 0 nitrogen and oxygen atoms in total. The predicted octanol–water partition coefficient (Wildman–Crippen LogP) is 4.91. The van der Waals surface area contributed by atoms with Gasteiger partial charge in [0.1, 0.15) is 0 Å². The molecule has 1 aromatic heterocycles. The molecule has 1 aromatic carbocycles. The Morgan fingerprint density at radius 2 is 2.00 bits per heavy atom. The van der Waals surface area contributed by atoms with Crippen LogP contribution in [0.5, 0.6) is 0 Å². The average molecular weight is 277 g/mol. The van der Waals surface area contributed by atoms with Crippen LogP contribution in [0.4, 0.5) is 8.78 Å². The number of fused-ring (bicyclic) bond motifs is 1. The molecule has 0 aliphatic rings. The van der Waals surface area contributed by atoms with Crippen molar-refractivity contribution in [2.45, 2.75) is 13.3 Å². The first-order chi connectivity index (χ1) is 6.58. The minimum atomic E-state index is -2.42. The smallest absolute Gasteiger partial charge is 0.205 e. The van der Waals surface area contributed by atoms with E-state index in [4.69, 9.17) is 0 Å². The van der Waals surface area contributed by atoms with Gasteiger partial charge in [-0.25, -0.2) is 8.78 Å². The second kappa shape index (κ2) is 3.59. The third-order valence-electron chi connectivity index (χ3n) is 1.99. The van der Waals surface area contributed by atoms with Crippen LogP contribution in [0, 0.1) is 6.92 Å². The summed E-state index contributed by atoms with van der Waals surface area (Å²) in [5.74, 6) is 0. The van der Waals surface area contributed by atoms with Crippen LogP contribution >= 0.6 is 27.3 Å². The molecule has 0 bridgehead atoms. The van der Waals surface area contributed by atoms with E-state index in [1.165, 1.54) is 11.3 Å². The number of aryl methyl sites for hydroxylation is 1. The van der Waals surface area contributed by atoms with Gasteiger partial charge in [0.15, 0.2) is 0 Å². The highest BCUT2D eigenvalue weighted by molar-refractivity contribution is 9.10. The van der Waals surface area contributed by atoms with E-state index in [0.29, 0.717) is 4.47 Å². The molecule has 2 rings (SSSR count). The molecule has 0 fully saturated rings. The number of hydrogen-bond donors (Lipinski definition) is 0. The highest BCUT2D eigenvalue weighted by Gasteiger charge is 2.13. The largest absolute Gasteiger partial charge is 0.264 e. The fourth-order valence-electron chi connectivity index (χ4n) is 1.37. The zero-order valence-electron chi connectivity index (χ0n) is 7.35. The van der Waals surface area contributed by atoms with Gasteiger partial charge in [-0.15, -0.1) is 11.3 Å². The molecule has 4 heteroatoms. The van der Waals surface area contributed by atoms with E-state index < -0.39 is 6.43 Å². The molecule has 0 unspecified atom stereocenters. The van der Waals surface area contributed by atoms with Crippen molar-refractivity contribution in [2.75, 3.05) is 0 Å². The molecule has 0 radical (unpaired) electrons. The summed E-state index contributed by atoms with van der Waals surface area (Å²) in [4.78, 5) is 1.14. The van der Waals surface area contributed by atoms with Gasteiger partial charge in [0.25, 0.3) is 6.43 Å². The number of benzene rings is 1. The minimum absolute atomic E-state index is 0.0688. The van der Waals surface area contributed by atoms with Gasteiger partial charge in [-0.1, -0.05) is 15.9 Å². The van der Waals surface area contributed by atoms with E-state index >= 15 is 0 Å². The molecular weight excluding hydrogens is 270 g/mol. The zero-order valence-corrected chi connectivity index (χ0v) is 9.75. The molecule has 0 aliphatic carbocycles. The Morgan fingerprint density at radius 3 is 2.64 bits per heavy atom. The lowest BCUT2D eigenvalue weighted by Crippen LogP contribution is -1.84. The van der Waals surface area contributed by atoms with Crippen molar-refractivity contribution < 1.29 is 8.78 Å². The van der Waals surface area contributed by atoms with Gasteiger partial charge in [0.05, 0.1) is 0 Å². The first-order valence-corrected chi connectivity index (χ1v) is 5.66. The van der Waals surface area contributed by atoms with Gasteiger partial charge in [0.2, 0.25) is 0 Å². The molecule has 0 N–H and O–H groups in total. The molecule has 0 saturated carbocycles. The topological polar surface area (TPSA) is 0 Å². The zero-order chi connectivity index (χ0) is 10.3. The maximum absolute atomic E-state index is 12.5. The van der Waals surface area contributed by atoms with Crippen LogP contribution in [0.1, 0.15) is 16.9 Å². The minimum Gasteiger partial charge on any atom is -0.205 e. The van der Waals surface area contributed by atoms with Crippen LogP contribution in [-0.4, -0.2) is 0 Å². The summed E-state index contributed by atoms with van der Waals surface area (Å²) in [6.45, 7) is 1.97. The fraction of sp³-hybridized carbons (Fsp3) is 0.200. The monoisotopic (exact) mass is 276 g/mol. The summed E-state index contributed by atoms with van der Waals surface area (Å²) >= 11 is 4.69. The number of halogens is 3. The lowest BCUT2D eigenvalue weighted by atomic mass is 10.2. The van der Waals surface area contributed by atoms with E-state index in [-0.39, 0.29) is 5.56 Å². The fourth-order valence-corrected chi connectivity index (χ4v) is 2.86. The van der Waals surface area contributed by atoms with E-state index in [0.717, 1.165) is 15.0 Å². The van der Waals surface area contributed by atoms with Gasteiger partial charge in [-0.05, 0) is 30.5 Å². The van der Waals surface area contributed by atoms with Crippen molar-refractivity contribution in [1.29, 1.82) is 0 Å². The van der Waals surface area contributed by atoms with E-state index in [1.807, 2.05) is 13.0 Å². The third kappa shape index (κ3) is 1.68. The highest BCUT2D eigenvalue weighted by Crippen LogP contribution is 2.34. The van der Waals surface area contributed by atoms with Gasteiger partial charge >= 0.3 is 0 Å². The van der Waals surface area contributed by atoms with Crippen molar-refractivity contribution in [1.82, 2.24) is 0 Å². The summed E-state index contributed by atoms with van der Waals surface area (Å²) < 4.78 is 26.5. The molecule has 74 valence electrons. The van der Waals surface area contributed by atoms with Gasteiger partial charge < -0.3 is 0 Å². The summed E-state index contributed by atoms with van der Waals surface area (Å²) in [6.07, 6.45) is -2.42. The summed E-state index contributed by atoms with van der Waals surface area (Å²) in [7, 11) is 0. The van der Waals surface area contributed by atoms with Gasteiger partial charge in [-0.3, -0.25) is 0 Å². The van der Waals surface area contributed by atoms with Crippen LogP contribution in [0.3, 0.4) is 0 Å². The second-order valence-electron chi connectivity index (χ2n) is 3.07. The Hall–Kier alpha value is -0.480. The quantitative estimate of drug-likeness (QED) is 0.694. The Bertz CT molecular complexity index is 476. The van der Waals surface area contributed by atoms with Crippen molar-refractivity contribution in [3.63, 3.8) is 0 Å². The molecule has 0 saturated heterocycles. The predicted molar refractivity (Wildman–Crippen MR) is 59.2 cm³/mol. The Labute approximate surface area is 92.7 Å². The van der Waals surface area contributed by atoms with Crippen molar-refractivity contribution in [3.8, 4) is 0 Å². The van der Waals surface area contributed by atoms with Crippen molar-refractivity contribution in [2.24, 2.45) is 0 Å². The standard InChI is InChI=1S/C10H7BrF2S/c1-5-2-6-3-8(11)7(10(12)13)4-9(6)14-5/h2-4,10H,1H3. The highest BCUT2D eigenvalue weighted by atomic mass is 79.9. The van der Waals surface area contributed by atoms with E-state index in [1.54, 1.807) is 12.1 Å². The SMILES string of the molecule is Cc1cc2cc(Br)c(C(F)F)cc2s1. The maximum atomic E-state index is 12.5. The third-order valence-corrected chi connectivity index (χ3v) is 3.69. The van der Waals surface area contributed by atoms with E-state index in [2.05, 4.69) is 15.9 Å². The lowest BCUT2D eigenvalue weighted by molar-refractivity contribution is 0.151. The number of hydrogen-bond acceptors (Lipinski definition) is 1. The first-order valence-electron chi connectivity index (χ1n) is 4.05. The Kier molecular flexibility index (Phi) is 2.58. The number of rotatable bonds is 1. The molecule has 0 amide bonds. The molecule has 2 aromatic rings. The number of thiophene rings is 1. The van der Waals surface area contributed by atoms with Crippen LogP contribution in [-0.2, 0) is 0 Å². The molecule has 0 atom stereocenters. The van der Waals surface area contributed by atoms with Gasteiger partial charge in [0, 0.05) is 19.6 Å². The average Bonchev–Trinajstić information content (AvgIpc) is 2.42. The van der Waals surface area contributed by atoms with Crippen molar-refractivity contribution >= 4 is 37.4 Å². The van der Waals surface area contributed by atoms with E-state index in [9.17, 15) is 8.78 Å². The van der Waals surface area contributed by atoms with Crippen LogP contribution in [0.15, 0.2) is 22.7 Å². The summed E-state index contributed by atoms with van der Waals surface area (Å²) in [5, 5.41) is 1.02. The normalized spacial score (nSPS) is 11.5. The molecule has 0 spiro atoms. The second-order valence-corrected chi connectivity index (χ2v) is 5.21. The lowest BCUT2D eigenvalue weighted by Gasteiger charge is -2.02. The van der Waals surface area contributed by atoms with Crippen molar-refractivity contribution in [3.05, 3.63) is 33.1 Å². The Balaban J connectivity index is 2.70. The molecule has 0 aliphatic heterocycles. The molecular formula is C10H7BrF2S. The maximum Gasteiger partial charge on any atom is 0.264 e. The number of alkyl halides is 2. The van der Waals surface area contributed by atoms with Crippen LogP contribution in [0.2, 0.25) is 0 Å². The first kappa shape index (κ1) is 10.1. The Morgan fingerprint density at radius 1 is 1.29 bits per heavy atom. The van der Waals surface area contributed by atoms with Crippen LogP contribution < -0.4 is 0 Å². The van der Waals surface area contributed by atoms with Crippen LogP contribution in [0.25, 0.3) is 10.1 Å². The summed E-state index contributed by atoms with van der Waals surface area (Å²) in [6, 6.07) is 5.31. The summed E-state index contributed by atoms with van der Waals surface area (Å²) in [5.41, 5.74) is 0.0688. The molecule has 1 heterocycles. The molecule has 14 heavy (non-hydrogen) atoms. The van der Waals surface area contributed by atoms with Gasteiger partial charge in [-0.2, -0.15) is 0 Å².